The van der Waals surface area contributed by atoms with Crippen LogP contribution < -0.4 is 15.4 Å². The molecule has 1 saturated carbocycles. The summed E-state index contributed by atoms with van der Waals surface area (Å²) in [6.45, 7) is 4.33. The number of hydrogen-bond acceptors (Lipinski definition) is 4. The first kappa shape index (κ1) is 19.0. The van der Waals surface area contributed by atoms with Crippen molar-refractivity contribution in [2.75, 3.05) is 40.4 Å². The van der Waals surface area contributed by atoms with Crippen molar-refractivity contribution in [3.8, 4) is 5.75 Å². The molecular weight excluding hydrogens is 328 g/mol. The lowest BCUT2D eigenvalue weighted by Crippen LogP contribution is -2.49. The Morgan fingerprint density at radius 3 is 2.65 bits per heavy atom. The zero-order chi connectivity index (χ0) is 18.2. The van der Waals surface area contributed by atoms with Gasteiger partial charge in [-0.15, -0.1) is 0 Å². The largest absolute Gasteiger partial charge is 0.496 e. The van der Waals surface area contributed by atoms with Gasteiger partial charge < -0.3 is 25.0 Å². The number of aliphatic imine (C=N–C) groups is 1. The fourth-order valence-electron chi connectivity index (χ4n) is 3.48. The highest BCUT2D eigenvalue weighted by Gasteiger charge is 2.31. The topological polar surface area (TPSA) is 58.1 Å². The van der Waals surface area contributed by atoms with Gasteiger partial charge in [0.15, 0.2) is 5.96 Å². The normalized spacial score (nSPS) is 19.4. The Morgan fingerprint density at radius 1 is 1.19 bits per heavy atom. The fraction of sp³-hybridized carbons (Fsp3) is 0.650. The van der Waals surface area contributed by atoms with Crippen molar-refractivity contribution in [2.45, 2.75) is 44.4 Å². The summed E-state index contributed by atoms with van der Waals surface area (Å²) in [6.07, 6.45) is 5.19. The van der Waals surface area contributed by atoms with Crippen LogP contribution in [0.4, 0.5) is 0 Å². The lowest BCUT2D eigenvalue weighted by atomic mass is 10.1. The summed E-state index contributed by atoms with van der Waals surface area (Å²) in [5.41, 5.74) is 1.07. The van der Waals surface area contributed by atoms with Gasteiger partial charge in [-0.05, 0) is 31.7 Å². The Kier molecular flexibility index (Phi) is 7.14. The van der Waals surface area contributed by atoms with E-state index < -0.39 is 0 Å². The lowest BCUT2D eigenvalue weighted by molar-refractivity contribution is 0.123. The average molecular weight is 361 g/mol. The van der Waals surface area contributed by atoms with E-state index in [1.165, 1.54) is 38.8 Å². The maximum Gasteiger partial charge on any atom is 0.191 e. The number of methoxy groups -OCH3 is 1. The Bertz CT molecular complexity index is 581. The SMILES string of the molecule is CN=C(NCCOCc1ccccc1OC)NC1CCN(C2CC2)CC1. The molecule has 2 N–H and O–H groups in total. The lowest BCUT2D eigenvalue weighted by Gasteiger charge is -2.33. The van der Waals surface area contributed by atoms with Crippen molar-refractivity contribution in [1.29, 1.82) is 0 Å². The van der Waals surface area contributed by atoms with E-state index in [0.29, 0.717) is 19.3 Å². The first-order valence-electron chi connectivity index (χ1n) is 9.71. The molecular formula is C20H32N4O2. The van der Waals surface area contributed by atoms with Crippen LogP contribution in [-0.2, 0) is 11.3 Å². The molecule has 0 aromatic heterocycles. The molecule has 144 valence electrons. The van der Waals surface area contributed by atoms with Crippen molar-refractivity contribution in [1.82, 2.24) is 15.5 Å². The van der Waals surface area contributed by atoms with Crippen molar-refractivity contribution >= 4 is 5.96 Å². The first-order chi connectivity index (χ1) is 12.8. The van der Waals surface area contributed by atoms with E-state index >= 15 is 0 Å². The molecule has 0 amide bonds. The van der Waals surface area contributed by atoms with Gasteiger partial charge in [0.2, 0.25) is 0 Å². The molecule has 0 bridgehead atoms. The van der Waals surface area contributed by atoms with Crippen molar-refractivity contribution in [3.05, 3.63) is 29.8 Å². The van der Waals surface area contributed by atoms with Crippen LogP contribution in [-0.4, -0.2) is 63.3 Å². The van der Waals surface area contributed by atoms with E-state index in [0.717, 1.165) is 29.9 Å². The summed E-state index contributed by atoms with van der Waals surface area (Å²) in [7, 11) is 3.51. The van der Waals surface area contributed by atoms with Crippen molar-refractivity contribution in [2.24, 2.45) is 4.99 Å². The van der Waals surface area contributed by atoms with Gasteiger partial charge in [0, 0.05) is 44.3 Å². The molecule has 0 atom stereocenters. The third-order valence-electron chi connectivity index (χ3n) is 5.15. The number of rotatable bonds is 8. The molecule has 2 aliphatic rings. The molecule has 0 spiro atoms. The van der Waals surface area contributed by atoms with Crippen LogP contribution in [0.3, 0.4) is 0 Å². The van der Waals surface area contributed by atoms with E-state index in [9.17, 15) is 0 Å². The molecule has 6 heteroatoms. The summed E-state index contributed by atoms with van der Waals surface area (Å²) in [4.78, 5) is 6.98. The number of piperidine rings is 1. The van der Waals surface area contributed by atoms with Crippen LogP contribution in [0.5, 0.6) is 5.75 Å². The van der Waals surface area contributed by atoms with Crippen LogP contribution in [0.2, 0.25) is 0 Å². The molecule has 1 heterocycles. The zero-order valence-electron chi connectivity index (χ0n) is 16.0. The smallest absolute Gasteiger partial charge is 0.191 e. The number of hydrogen-bond donors (Lipinski definition) is 2. The monoisotopic (exact) mass is 360 g/mol. The Labute approximate surface area is 157 Å². The van der Waals surface area contributed by atoms with E-state index in [2.05, 4.69) is 20.5 Å². The van der Waals surface area contributed by atoms with E-state index in [-0.39, 0.29) is 0 Å². The average Bonchev–Trinajstić information content (AvgIpc) is 3.53. The third kappa shape index (κ3) is 5.61. The van der Waals surface area contributed by atoms with Crippen LogP contribution in [0.1, 0.15) is 31.2 Å². The van der Waals surface area contributed by atoms with E-state index in [1.54, 1.807) is 7.11 Å². The minimum Gasteiger partial charge on any atom is -0.496 e. The number of guanidine groups is 1. The molecule has 26 heavy (non-hydrogen) atoms. The summed E-state index contributed by atoms with van der Waals surface area (Å²) in [5.74, 6) is 1.74. The van der Waals surface area contributed by atoms with Gasteiger partial charge in [-0.2, -0.15) is 0 Å². The van der Waals surface area contributed by atoms with Crippen LogP contribution in [0, 0.1) is 0 Å². The minimum atomic E-state index is 0.519. The summed E-state index contributed by atoms with van der Waals surface area (Å²) in [5, 5.41) is 6.90. The number of ether oxygens (including phenoxy) is 2. The number of nitrogens with zero attached hydrogens (tertiary/aromatic N) is 2. The van der Waals surface area contributed by atoms with E-state index in [1.807, 2.05) is 31.3 Å². The Morgan fingerprint density at radius 2 is 1.96 bits per heavy atom. The van der Waals surface area contributed by atoms with Crippen molar-refractivity contribution < 1.29 is 9.47 Å². The van der Waals surface area contributed by atoms with Crippen LogP contribution >= 0.6 is 0 Å². The highest BCUT2D eigenvalue weighted by atomic mass is 16.5. The molecule has 0 unspecified atom stereocenters. The standard InChI is InChI=1S/C20H32N4O2/c1-21-20(23-17-9-12-24(13-10-17)18-7-8-18)22-11-14-26-15-16-5-3-4-6-19(16)25-2/h3-6,17-18H,7-15H2,1-2H3,(H2,21,22,23). The van der Waals surface area contributed by atoms with Crippen LogP contribution in [0.25, 0.3) is 0 Å². The van der Waals surface area contributed by atoms with Crippen LogP contribution in [0.15, 0.2) is 29.3 Å². The Balaban J connectivity index is 1.30. The molecule has 1 aliphatic heterocycles. The summed E-state index contributed by atoms with van der Waals surface area (Å²) in [6, 6.07) is 9.35. The number of likely N-dealkylation sites (tertiary alicyclic amines) is 1. The molecule has 6 nitrogen and oxygen atoms in total. The van der Waals surface area contributed by atoms with Gasteiger partial charge in [-0.3, -0.25) is 4.99 Å². The van der Waals surface area contributed by atoms with Crippen molar-refractivity contribution in [3.63, 3.8) is 0 Å². The molecule has 1 saturated heterocycles. The molecule has 0 radical (unpaired) electrons. The van der Waals surface area contributed by atoms with Gasteiger partial charge in [-0.1, -0.05) is 18.2 Å². The van der Waals surface area contributed by atoms with Gasteiger partial charge in [0.1, 0.15) is 5.75 Å². The second kappa shape index (κ2) is 9.78. The highest BCUT2D eigenvalue weighted by molar-refractivity contribution is 5.79. The third-order valence-corrected chi connectivity index (χ3v) is 5.15. The van der Waals surface area contributed by atoms with Gasteiger partial charge >= 0.3 is 0 Å². The zero-order valence-corrected chi connectivity index (χ0v) is 16.0. The van der Waals surface area contributed by atoms with E-state index in [4.69, 9.17) is 9.47 Å². The number of nitrogens with one attached hydrogen (secondary N) is 2. The van der Waals surface area contributed by atoms with Gasteiger partial charge in [0.25, 0.3) is 0 Å². The number of para-hydroxylation sites is 1. The predicted octanol–water partition coefficient (Wildman–Crippen LogP) is 2.00. The summed E-state index contributed by atoms with van der Waals surface area (Å²) >= 11 is 0. The fourth-order valence-corrected chi connectivity index (χ4v) is 3.48. The molecule has 1 aromatic carbocycles. The maximum atomic E-state index is 5.76. The first-order valence-corrected chi connectivity index (χ1v) is 9.71. The summed E-state index contributed by atoms with van der Waals surface area (Å²) < 4.78 is 11.1. The molecule has 3 rings (SSSR count). The van der Waals surface area contributed by atoms with Gasteiger partial charge in [0.05, 0.1) is 20.3 Å². The van der Waals surface area contributed by atoms with Gasteiger partial charge in [-0.25, -0.2) is 0 Å². The maximum absolute atomic E-state index is 5.76. The molecule has 1 aliphatic carbocycles. The second-order valence-electron chi connectivity index (χ2n) is 7.05. The quantitative estimate of drug-likeness (QED) is 0.422. The highest BCUT2D eigenvalue weighted by Crippen LogP contribution is 2.29. The number of benzene rings is 1. The second-order valence-corrected chi connectivity index (χ2v) is 7.05. The Hall–Kier alpha value is -1.79. The molecule has 2 fully saturated rings. The molecule has 1 aromatic rings. The minimum absolute atomic E-state index is 0.519. The predicted molar refractivity (Wildman–Crippen MR) is 105 cm³/mol.